The molecule has 4 heterocycles. The van der Waals surface area contributed by atoms with Gasteiger partial charge in [-0.05, 0) is 50.2 Å². The standard InChI is InChI=1S/C24H22ClN5OS2/c25-22-13-18(8-11-27-22)33-19-12-21(31-17-4-2-1-3-5-17)23(28-14-19)30-24-29-20(15-32-24)16-6-9-26-10-7-16/h1-5,8,11-16,26H,6-7,9-10H2,(H,28,29,30). The lowest BCUT2D eigenvalue weighted by molar-refractivity contribution is 0.455. The van der Waals surface area contributed by atoms with Gasteiger partial charge >= 0.3 is 0 Å². The van der Waals surface area contributed by atoms with Crippen molar-refractivity contribution in [3.8, 4) is 11.5 Å². The van der Waals surface area contributed by atoms with Gasteiger partial charge in [0.2, 0.25) is 0 Å². The van der Waals surface area contributed by atoms with Gasteiger partial charge < -0.3 is 15.4 Å². The molecule has 0 bridgehead atoms. The SMILES string of the molecule is Clc1cc(Sc2cnc(Nc3nc(C4CCNCC4)cs3)c(Oc3ccccc3)c2)ccn1. The number of rotatable bonds is 7. The Morgan fingerprint density at radius 1 is 1.06 bits per heavy atom. The summed E-state index contributed by atoms with van der Waals surface area (Å²) in [6.45, 7) is 2.09. The first-order valence-electron chi connectivity index (χ1n) is 10.7. The van der Waals surface area contributed by atoms with Crippen LogP contribution in [0.4, 0.5) is 10.9 Å². The second kappa shape index (κ2) is 10.5. The van der Waals surface area contributed by atoms with E-state index >= 15 is 0 Å². The molecule has 9 heteroatoms. The second-order valence-corrected chi connectivity index (χ2v) is 9.97. The maximum atomic E-state index is 6.20. The lowest BCUT2D eigenvalue weighted by atomic mass is 9.96. The molecule has 5 rings (SSSR count). The molecular formula is C24H22ClN5OS2. The van der Waals surface area contributed by atoms with Crippen molar-refractivity contribution in [2.75, 3.05) is 18.4 Å². The van der Waals surface area contributed by atoms with Crippen LogP contribution in [0.3, 0.4) is 0 Å². The molecule has 33 heavy (non-hydrogen) atoms. The molecule has 1 saturated heterocycles. The summed E-state index contributed by atoms with van der Waals surface area (Å²) in [5.74, 6) is 2.51. The maximum absolute atomic E-state index is 6.20. The van der Waals surface area contributed by atoms with Gasteiger partial charge in [-0.25, -0.2) is 15.0 Å². The van der Waals surface area contributed by atoms with Gasteiger partial charge in [-0.2, -0.15) is 0 Å². The molecule has 0 saturated carbocycles. The Labute approximate surface area is 205 Å². The third-order valence-electron chi connectivity index (χ3n) is 5.24. The molecule has 1 fully saturated rings. The van der Waals surface area contributed by atoms with Crippen LogP contribution >= 0.6 is 34.7 Å². The molecule has 2 N–H and O–H groups in total. The molecule has 1 aliphatic rings. The molecular weight excluding hydrogens is 474 g/mol. The number of ether oxygens (including phenoxy) is 1. The second-order valence-electron chi connectivity index (χ2n) is 7.58. The highest BCUT2D eigenvalue weighted by Gasteiger charge is 2.19. The molecule has 0 spiro atoms. The molecule has 0 aliphatic carbocycles. The number of nitrogens with zero attached hydrogens (tertiary/aromatic N) is 3. The number of thiazole rings is 1. The van der Waals surface area contributed by atoms with Crippen LogP contribution in [0.15, 0.2) is 76.1 Å². The van der Waals surface area contributed by atoms with Crippen LogP contribution in [0.5, 0.6) is 11.5 Å². The molecule has 6 nitrogen and oxygen atoms in total. The molecule has 4 aromatic rings. The van der Waals surface area contributed by atoms with Crippen molar-refractivity contribution < 1.29 is 4.74 Å². The topological polar surface area (TPSA) is 72.0 Å². The molecule has 1 aromatic carbocycles. The number of aromatic nitrogens is 3. The van der Waals surface area contributed by atoms with E-state index in [1.165, 1.54) is 0 Å². The number of nitrogens with one attached hydrogen (secondary N) is 2. The van der Waals surface area contributed by atoms with E-state index < -0.39 is 0 Å². The summed E-state index contributed by atoms with van der Waals surface area (Å²) in [4.78, 5) is 15.5. The summed E-state index contributed by atoms with van der Waals surface area (Å²) < 4.78 is 6.20. The summed E-state index contributed by atoms with van der Waals surface area (Å²) in [5, 5.41) is 10.2. The summed E-state index contributed by atoms with van der Waals surface area (Å²) >= 11 is 9.19. The van der Waals surface area contributed by atoms with E-state index in [1.54, 1.807) is 29.3 Å². The van der Waals surface area contributed by atoms with Crippen LogP contribution in [0.1, 0.15) is 24.5 Å². The predicted octanol–water partition coefficient (Wildman–Crippen LogP) is 6.74. The first kappa shape index (κ1) is 22.2. The van der Waals surface area contributed by atoms with Crippen LogP contribution in [0.2, 0.25) is 5.15 Å². The zero-order valence-corrected chi connectivity index (χ0v) is 20.1. The van der Waals surface area contributed by atoms with Gasteiger partial charge in [-0.15, -0.1) is 11.3 Å². The monoisotopic (exact) mass is 495 g/mol. The number of piperidine rings is 1. The van der Waals surface area contributed by atoms with Crippen molar-refractivity contribution in [2.24, 2.45) is 0 Å². The van der Waals surface area contributed by atoms with Crippen LogP contribution in [0.25, 0.3) is 0 Å². The quantitative estimate of drug-likeness (QED) is 0.275. The fourth-order valence-electron chi connectivity index (χ4n) is 3.60. The zero-order chi connectivity index (χ0) is 22.5. The van der Waals surface area contributed by atoms with Gasteiger partial charge in [0.05, 0.1) is 5.69 Å². The van der Waals surface area contributed by atoms with E-state index in [0.717, 1.165) is 52.3 Å². The van der Waals surface area contributed by atoms with E-state index in [2.05, 4.69) is 26.0 Å². The fourth-order valence-corrected chi connectivity index (χ4v) is 5.48. The Bertz CT molecular complexity index is 1210. The summed E-state index contributed by atoms with van der Waals surface area (Å²) in [6, 6.07) is 15.4. The molecule has 0 atom stereocenters. The van der Waals surface area contributed by atoms with Crippen molar-refractivity contribution >= 4 is 45.6 Å². The Kier molecular flexibility index (Phi) is 7.06. The van der Waals surface area contributed by atoms with E-state index in [-0.39, 0.29) is 0 Å². The largest absolute Gasteiger partial charge is 0.453 e. The van der Waals surface area contributed by atoms with Gasteiger partial charge in [-0.1, -0.05) is 41.6 Å². The van der Waals surface area contributed by atoms with Crippen LogP contribution < -0.4 is 15.4 Å². The van der Waals surface area contributed by atoms with Crippen LogP contribution in [0, 0.1) is 0 Å². The van der Waals surface area contributed by atoms with Gasteiger partial charge in [0, 0.05) is 39.5 Å². The minimum atomic E-state index is 0.459. The van der Waals surface area contributed by atoms with E-state index in [1.807, 2.05) is 54.7 Å². The van der Waals surface area contributed by atoms with Crippen molar-refractivity contribution in [1.29, 1.82) is 0 Å². The number of benzene rings is 1. The highest BCUT2D eigenvalue weighted by molar-refractivity contribution is 7.99. The number of hydrogen-bond acceptors (Lipinski definition) is 8. The predicted molar refractivity (Wildman–Crippen MR) is 134 cm³/mol. The summed E-state index contributed by atoms with van der Waals surface area (Å²) in [7, 11) is 0. The Balaban J connectivity index is 1.40. The number of pyridine rings is 2. The van der Waals surface area contributed by atoms with Crippen LogP contribution in [-0.2, 0) is 0 Å². The number of anilines is 2. The molecule has 0 amide bonds. The first-order valence-corrected chi connectivity index (χ1v) is 12.8. The lowest BCUT2D eigenvalue weighted by Crippen LogP contribution is -2.26. The van der Waals surface area contributed by atoms with Gasteiger partial charge in [0.1, 0.15) is 10.9 Å². The highest BCUT2D eigenvalue weighted by atomic mass is 35.5. The maximum Gasteiger partial charge on any atom is 0.188 e. The normalized spacial score (nSPS) is 14.2. The van der Waals surface area contributed by atoms with E-state index in [4.69, 9.17) is 21.3 Å². The average molecular weight is 496 g/mol. The average Bonchev–Trinajstić information content (AvgIpc) is 3.31. The number of para-hydroxylation sites is 1. The number of hydrogen-bond donors (Lipinski definition) is 2. The Hall–Kier alpha value is -2.65. The van der Waals surface area contributed by atoms with E-state index in [0.29, 0.717) is 22.6 Å². The summed E-state index contributed by atoms with van der Waals surface area (Å²) in [5.41, 5.74) is 1.15. The van der Waals surface area contributed by atoms with Crippen LogP contribution in [-0.4, -0.2) is 28.0 Å². The molecule has 1 aliphatic heterocycles. The smallest absolute Gasteiger partial charge is 0.188 e. The minimum Gasteiger partial charge on any atom is -0.453 e. The molecule has 168 valence electrons. The van der Waals surface area contributed by atoms with Crippen molar-refractivity contribution in [1.82, 2.24) is 20.3 Å². The van der Waals surface area contributed by atoms with Crippen molar-refractivity contribution in [3.05, 3.63) is 77.2 Å². The number of halogens is 1. The molecule has 0 unspecified atom stereocenters. The molecule has 3 aromatic heterocycles. The minimum absolute atomic E-state index is 0.459. The third-order valence-corrected chi connectivity index (χ3v) is 7.17. The van der Waals surface area contributed by atoms with E-state index in [9.17, 15) is 0 Å². The zero-order valence-electron chi connectivity index (χ0n) is 17.7. The lowest BCUT2D eigenvalue weighted by Gasteiger charge is -2.20. The summed E-state index contributed by atoms with van der Waals surface area (Å²) in [6.07, 6.45) is 5.75. The Morgan fingerprint density at radius 2 is 1.91 bits per heavy atom. The first-order chi connectivity index (χ1) is 16.2. The molecule has 0 radical (unpaired) electrons. The third kappa shape index (κ3) is 5.83. The van der Waals surface area contributed by atoms with Crippen molar-refractivity contribution in [3.63, 3.8) is 0 Å². The van der Waals surface area contributed by atoms with Gasteiger partial charge in [0.15, 0.2) is 16.7 Å². The van der Waals surface area contributed by atoms with Gasteiger partial charge in [0.25, 0.3) is 0 Å². The fraction of sp³-hybridized carbons (Fsp3) is 0.208. The highest BCUT2D eigenvalue weighted by Crippen LogP contribution is 2.37. The Morgan fingerprint density at radius 3 is 2.73 bits per heavy atom. The van der Waals surface area contributed by atoms with Crippen molar-refractivity contribution in [2.45, 2.75) is 28.6 Å². The van der Waals surface area contributed by atoms with Gasteiger partial charge in [-0.3, -0.25) is 0 Å².